The lowest BCUT2D eigenvalue weighted by atomic mass is 9.84. The van der Waals surface area contributed by atoms with Crippen LogP contribution in [0.4, 0.5) is 5.69 Å². The lowest BCUT2D eigenvalue weighted by Gasteiger charge is -2.36. The number of anilines is 1. The van der Waals surface area contributed by atoms with E-state index in [0.717, 1.165) is 19.3 Å². The number of amides is 1. The van der Waals surface area contributed by atoms with Crippen molar-refractivity contribution < 1.29 is 13.2 Å². The van der Waals surface area contributed by atoms with Gasteiger partial charge in [-0.15, -0.1) is 0 Å². The Labute approximate surface area is 171 Å². The summed E-state index contributed by atoms with van der Waals surface area (Å²) in [4.78, 5) is 15.1. The number of nitrogens with one attached hydrogen (secondary N) is 1. The number of nitrogens with zero attached hydrogens (tertiary/aromatic N) is 1. The number of sulfone groups is 1. The first-order valence-electron chi connectivity index (χ1n) is 9.54. The van der Waals surface area contributed by atoms with Crippen molar-refractivity contribution in [2.75, 3.05) is 29.9 Å². The Kier molecular flexibility index (Phi) is 7.06. The van der Waals surface area contributed by atoms with E-state index < -0.39 is 9.84 Å². The van der Waals surface area contributed by atoms with Gasteiger partial charge in [0.05, 0.1) is 17.5 Å². The zero-order valence-corrected chi connectivity index (χ0v) is 17.6. The van der Waals surface area contributed by atoms with Gasteiger partial charge < -0.3 is 5.32 Å². The minimum Gasteiger partial charge on any atom is -0.325 e. The van der Waals surface area contributed by atoms with E-state index in [1.807, 2.05) is 4.90 Å². The predicted octanol–water partition coefficient (Wildman–Crippen LogP) is 4.00. The number of halogens is 2. The smallest absolute Gasteiger partial charge is 0.241 e. The molecular weight excluding hydrogens is 407 g/mol. The quantitative estimate of drug-likeness (QED) is 0.762. The van der Waals surface area contributed by atoms with Crippen LogP contribution in [0.3, 0.4) is 0 Å². The fourth-order valence-corrected chi connectivity index (χ4v) is 5.81. The van der Waals surface area contributed by atoms with Gasteiger partial charge >= 0.3 is 0 Å². The van der Waals surface area contributed by atoms with Gasteiger partial charge in [0.15, 0.2) is 9.84 Å². The maximum Gasteiger partial charge on any atom is 0.241 e. The Morgan fingerprint density at radius 2 is 1.67 bits per heavy atom. The van der Waals surface area contributed by atoms with Crippen molar-refractivity contribution in [1.29, 1.82) is 0 Å². The second-order valence-electron chi connectivity index (χ2n) is 7.59. The summed E-state index contributed by atoms with van der Waals surface area (Å²) in [6, 6.07) is 4.63. The maximum absolute atomic E-state index is 13.1. The molecule has 1 saturated carbocycles. The molecule has 2 aliphatic rings. The molecule has 0 spiro atoms. The molecule has 0 aromatic heterocycles. The van der Waals surface area contributed by atoms with Crippen LogP contribution in [0.1, 0.15) is 38.5 Å². The standard InChI is InChI=1S/C19H26Cl2N2O3S/c20-15-11-16(21)13-17(12-15)22-19(24)18(10-14-4-2-1-3-5-14)23-6-8-27(25,26)9-7-23/h11-14,18H,1-10H2,(H,22,24)/t18-/m0/s1. The summed E-state index contributed by atoms with van der Waals surface area (Å²) in [6.07, 6.45) is 6.71. The summed E-state index contributed by atoms with van der Waals surface area (Å²) in [5.41, 5.74) is 0.566. The molecule has 27 heavy (non-hydrogen) atoms. The topological polar surface area (TPSA) is 66.5 Å². The summed E-state index contributed by atoms with van der Waals surface area (Å²) in [5, 5.41) is 3.86. The lowest BCUT2D eigenvalue weighted by Crippen LogP contribution is -2.51. The van der Waals surface area contributed by atoms with Crippen LogP contribution in [0, 0.1) is 5.92 Å². The third-order valence-electron chi connectivity index (χ3n) is 5.53. The molecule has 0 unspecified atom stereocenters. The highest BCUT2D eigenvalue weighted by molar-refractivity contribution is 7.91. The number of rotatable bonds is 5. The van der Waals surface area contributed by atoms with Crippen molar-refractivity contribution in [2.24, 2.45) is 5.92 Å². The first-order valence-corrected chi connectivity index (χ1v) is 12.1. The lowest BCUT2D eigenvalue weighted by molar-refractivity contribution is -0.122. The molecule has 1 N–H and O–H groups in total. The number of carbonyl (C=O) groups excluding carboxylic acids is 1. The van der Waals surface area contributed by atoms with E-state index in [-0.39, 0.29) is 23.5 Å². The van der Waals surface area contributed by atoms with Gasteiger partial charge in [-0.1, -0.05) is 55.3 Å². The third-order valence-corrected chi connectivity index (χ3v) is 7.58. The van der Waals surface area contributed by atoms with Crippen LogP contribution in [0.2, 0.25) is 10.0 Å². The number of hydrogen-bond donors (Lipinski definition) is 1. The minimum absolute atomic E-state index is 0.113. The van der Waals surface area contributed by atoms with Gasteiger partial charge in [-0.25, -0.2) is 8.42 Å². The SMILES string of the molecule is O=C(Nc1cc(Cl)cc(Cl)c1)[C@H](CC1CCCCC1)N1CCS(=O)(=O)CC1. The molecule has 3 rings (SSSR count). The molecule has 1 saturated heterocycles. The summed E-state index contributed by atoms with van der Waals surface area (Å²) in [5.74, 6) is 0.628. The normalized spacial score (nSPS) is 22.3. The molecule has 0 bridgehead atoms. The molecule has 1 atom stereocenters. The Hall–Kier alpha value is -0.820. The fourth-order valence-electron chi connectivity index (χ4n) is 4.05. The van der Waals surface area contributed by atoms with E-state index in [0.29, 0.717) is 34.7 Å². The third kappa shape index (κ3) is 6.08. The second kappa shape index (κ2) is 9.12. The maximum atomic E-state index is 13.1. The van der Waals surface area contributed by atoms with Crippen molar-refractivity contribution >= 4 is 44.6 Å². The average molecular weight is 433 g/mol. The minimum atomic E-state index is -2.99. The summed E-state index contributed by atoms with van der Waals surface area (Å²) in [7, 11) is -2.99. The van der Waals surface area contributed by atoms with E-state index in [2.05, 4.69) is 5.32 Å². The average Bonchev–Trinajstić information content (AvgIpc) is 2.60. The largest absolute Gasteiger partial charge is 0.325 e. The Balaban J connectivity index is 1.74. The highest BCUT2D eigenvalue weighted by Gasteiger charge is 2.33. The summed E-state index contributed by atoms with van der Waals surface area (Å²) >= 11 is 12.1. The van der Waals surface area contributed by atoms with Gasteiger partial charge in [-0.05, 0) is 30.5 Å². The van der Waals surface area contributed by atoms with Gasteiger partial charge in [0, 0.05) is 28.8 Å². The molecule has 1 aliphatic carbocycles. The summed E-state index contributed by atoms with van der Waals surface area (Å²) in [6.45, 7) is 0.812. The molecule has 2 fully saturated rings. The van der Waals surface area contributed by atoms with Crippen molar-refractivity contribution in [2.45, 2.75) is 44.6 Å². The van der Waals surface area contributed by atoms with E-state index in [1.165, 1.54) is 19.3 Å². The van der Waals surface area contributed by atoms with Crippen LogP contribution in [-0.4, -0.2) is 49.9 Å². The van der Waals surface area contributed by atoms with Crippen LogP contribution in [0.5, 0.6) is 0 Å². The van der Waals surface area contributed by atoms with Gasteiger partial charge in [0.2, 0.25) is 5.91 Å². The Bertz CT molecular complexity index is 745. The van der Waals surface area contributed by atoms with E-state index in [4.69, 9.17) is 23.2 Å². The molecule has 0 radical (unpaired) electrons. The van der Waals surface area contributed by atoms with E-state index in [9.17, 15) is 13.2 Å². The molecule has 1 aromatic carbocycles. The molecule has 150 valence electrons. The predicted molar refractivity (Wildman–Crippen MR) is 110 cm³/mol. The first-order chi connectivity index (χ1) is 12.8. The van der Waals surface area contributed by atoms with Crippen molar-refractivity contribution in [3.05, 3.63) is 28.2 Å². The molecule has 1 aliphatic heterocycles. The zero-order valence-electron chi connectivity index (χ0n) is 15.3. The number of carbonyl (C=O) groups is 1. The van der Waals surface area contributed by atoms with E-state index >= 15 is 0 Å². The van der Waals surface area contributed by atoms with Gasteiger partial charge in [-0.2, -0.15) is 0 Å². The van der Waals surface area contributed by atoms with Crippen LogP contribution in [-0.2, 0) is 14.6 Å². The van der Waals surface area contributed by atoms with Crippen molar-refractivity contribution in [3.8, 4) is 0 Å². The fraction of sp³-hybridized carbons (Fsp3) is 0.632. The highest BCUT2D eigenvalue weighted by atomic mass is 35.5. The number of hydrogen-bond acceptors (Lipinski definition) is 4. The first kappa shape index (κ1) is 20.9. The molecule has 1 heterocycles. The van der Waals surface area contributed by atoms with Gasteiger partial charge in [-0.3, -0.25) is 9.69 Å². The van der Waals surface area contributed by atoms with Gasteiger partial charge in [0.1, 0.15) is 0 Å². The van der Waals surface area contributed by atoms with Crippen LogP contribution in [0.15, 0.2) is 18.2 Å². The van der Waals surface area contributed by atoms with Crippen molar-refractivity contribution in [3.63, 3.8) is 0 Å². The van der Waals surface area contributed by atoms with E-state index in [1.54, 1.807) is 18.2 Å². The Morgan fingerprint density at radius 3 is 2.26 bits per heavy atom. The van der Waals surface area contributed by atoms with Crippen LogP contribution in [0.25, 0.3) is 0 Å². The van der Waals surface area contributed by atoms with Crippen LogP contribution < -0.4 is 5.32 Å². The van der Waals surface area contributed by atoms with Gasteiger partial charge in [0.25, 0.3) is 0 Å². The Morgan fingerprint density at radius 1 is 1.07 bits per heavy atom. The van der Waals surface area contributed by atoms with Crippen molar-refractivity contribution in [1.82, 2.24) is 4.90 Å². The summed E-state index contributed by atoms with van der Waals surface area (Å²) < 4.78 is 23.6. The molecule has 1 amide bonds. The molecular formula is C19H26Cl2N2O3S. The second-order valence-corrected chi connectivity index (χ2v) is 10.8. The van der Waals surface area contributed by atoms with Crippen LogP contribution >= 0.6 is 23.2 Å². The zero-order chi connectivity index (χ0) is 19.4. The number of benzene rings is 1. The monoisotopic (exact) mass is 432 g/mol. The molecule has 5 nitrogen and oxygen atoms in total. The highest BCUT2D eigenvalue weighted by Crippen LogP contribution is 2.30. The molecule has 1 aromatic rings. The molecule has 8 heteroatoms.